The van der Waals surface area contributed by atoms with Gasteiger partial charge in [0.05, 0.1) is 0 Å². The summed E-state index contributed by atoms with van der Waals surface area (Å²) in [7, 11) is 1.30. The van der Waals surface area contributed by atoms with Crippen LogP contribution in [0.25, 0.3) is 0 Å². The van der Waals surface area contributed by atoms with Crippen molar-refractivity contribution < 1.29 is 4.43 Å². The minimum atomic E-state index is -0.0775. The minimum absolute atomic E-state index is 0.0775. The van der Waals surface area contributed by atoms with Gasteiger partial charge in [0.25, 0.3) is 0 Å². The molecule has 0 aliphatic heterocycles. The van der Waals surface area contributed by atoms with E-state index in [-0.39, 0.29) is 9.76 Å². The van der Waals surface area contributed by atoms with Crippen LogP contribution in [0.1, 0.15) is 13.3 Å². The van der Waals surface area contributed by atoms with Crippen LogP contribution >= 0.6 is 0 Å². The highest BCUT2D eigenvalue weighted by atomic mass is 28.2. The number of rotatable bonds is 5. The van der Waals surface area contributed by atoms with E-state index >= 15 is 0 Å². The molecule has 0 radical (unpaired) electrons. The van der Waals surface area contributed by atoms with Gasteiger partial charge in [0, 0.05) is 16.8 Å². The molecule has 3 heteroatoms. The van der Waals surface area contributed by atoms with Crippen LogP contribution in [0.3, 0.4) is 0 Å². The van der Waals surface area contributed by atoms with Crippen molar-refractivity contribution in [3.05, 3.63) is 0 Å². The predicted molar refractivity (Wildman–Crippen MR) is 44.3 cm³/mol. The van der Waals surface area contributed by atoms with Crippen molar-refractivity contribution in [1.82, 2.24) is 0 Å². The van der Waals surface area contributed by atoms with Crippen molar-refractivity contribution in [2.75, 3.05) is 6.61 Å². The van der Waals surface area contributed by atoms with Crippen LogP contribution in [0.2, 0.25) is 12.1 Å². The van der Waals surface area contributed by atoms with Gasteiger partial charge in [-0.2, -0.15) is 0 Å². The van der Waals surface area contributed by atoms with Crippen LogP contribution < -0.4 is 0 Å². The first kappa shape index (κ1) is 8.39. The molecule has 0 aromatic heterocycles. The maximum absolute atomic E-state index is 5.29. The maximum Gasteiger partial charge on any atom is 0.161 e. The fraction of sp³-hybridized carbons (Fsp3) is 1.00. The smallest absolute Gasteiger partial charge is 0.161 e. The molecule has 0 spiro atoms. The summed E-state index contributed by atoms with van der Waals surface area (Å²) in [6.07, 6.45) is 1.43. The molecule has 0 atom stereocenters. The lowest BCUT2D eigenvalue weighted by atomic mass is 10.6. The number of hydrogen-bond donors (Lipinski definition) is 0. The van der Waals surface area contributed by atoms with Gasteiger partial charge in [0.1, 0.15) is 0 Å². The zero-order valence-corrected chi connectivity index (χ0v) is 9.36. The molecule has 0 fully saturated rings. The molecular formula is C5H16OSi2. The summed E-state index contributed by atoms with van der Waals surface area (Å²) in [5.74, 6) is 0. The van der Waals surface area contributed by atoms with Gasteiger partial charge in [-0.1, -0.05) is 12.5 Å². The van der Waals surface area contributed by atoms with E-state index in [0.29, 0.717) is 0 Å². The Labute approximate surface area is 57.2 Å². The fourth-order valence-corrected chi connectivity index (χ4v) is 3.30. The normalized spacial score (nSPS) is 11.6. The highest BCUT2D eigenvalue weighted by Crippen LogP contribution is 1.91. The van der Waals surface area contributed by atoms with Gasteiger partial charge in [0.2, 0.25) is 0 Å². The summed E-state index contributed by atoms with van der Waals surface area (Å²) in [6, 6.07) is 2.86. The third-order valence-electron chi connectivity index (χ3n) is 1.10. The van der Waals surface area contributed by atoms with Crippen molar-refractivity contribution in [2.45, 2.75) is 25.4 Å². The molecule has 0 unspecified atom stereocenters. The zero-order chi connectivity index (χ0) is 6.24. The van der Waals surface area contributed by atoms with Crippen molar-refractivity contribution >= 4 is 20.0 Å². The van der Waals surface area contributed by atoms with Crippen LogP contribution in [-0.2, 0) is 4.43 Å². The van der Waals surface area contributed by atoms with E-state index in [4.69, 9.17) is 4.43 Å². The van der Waals surface area contributed by atoms with E-state index in [1.54, 1.807) is 0 Å². The van der Waals surface area contributed by atoms with Gasteiger partial charge in [-0.25, -0.2) is 0 Å². The molecule has 1 nitrogen and oxygen atoms in total. The Morgan fingerprint density at radius 1 is 1.62 bits per heavy atom. The van der Waals surface area contributed by atoms with Crippen LogP contribution in [0.15, 0.2) is 0 Å². The fourth-order valence-electron chi connectivity index (χ4n) is 0.598. The SMILES string of the molecule is CCO[SiH2]CCC[SiH3]. The number of hydrogen-bond acceptors (Lipinski definition) is 1. The quantitative estimate of drug-likeness (QED) is 0.384. The van der Waals surface area contributed by atoms with Crippen molar-refractivity contribution in [2.24, 2.45) is 0 Å². The molecule has 0 N–H and O–H groups in total. The van der Waals surface area contributed by atoms with Gasteiger partial charge in [-0.05, 0) is 13.0 Å². The minimum Gasteiger partial charge on any atom is -0.424 e. The molecule has 0 aliphatic carbocycles. The van der Waals surface area contributed by atoms with E-state index in [9.17, 15) is 0 Å². The standard InChI is InChI=1S/C5H16OSi2/c1-2-6-8-5-3-4-7/h2-5,8H2,1,7H3. The molecule has 0 saturated carbocycles. The molecule has 8 heavy (non-hydrogen) atoms. The van der Waals surface area contributed by atoms with Crippen LogP contribution in [0, 0.1) is 0 Å². The topological polar surface area (TPSA) is 9.23 Å². The lowest BCUT2D eigenvalue weighted by Gasteiger charge is -1.96. The van der Waals surface area contributed by atoms with Gasteiger partial charge in [-0.15, -0.1) is 0 Å². The Hall–Kier alpha value is 0.394. The molecular weight excluding hydrogens is 132 g/mol. The van der Waals surface area contributed by atoms with Gasteiger partial charge in [-0.3, -0.25) is 0 Å². The van der Waals surface area contributed by atoms with E-state index in [1.807, 2.05) is 0 Å². The van der Waals surface area contributed by atoms with Crippen molar-refractivity contribution in [3.63, 3.8) is 0 Å². The molecule has 0 aliphatic rings. The average molecular weight is 148 g/mol. The first-order valence-corrected chi connectivity index (χ1v) is 6.48. The highest BCUT2D eigenvalue weighted by molar-refractivity contribution is 6.27. The summed E-state index contributed by atoms with van der Waals surface area (Å²) in [5, 5.41) is 0. The Bertz CT molecular complexity index is 35.4. The summed E-state index contributed by atoms with van der Waals surface area (Å²) in [6.45, 7) is 3.01. The molecule has 0 saturated heterocycles. The Kier molecular flexibility index (Phi) is 7.76. The molecule has 50 valence electrons. The molecule has 0 heterocycles. The first-order valence-electron chi connectivity index (χ1n) is 3.49. The van der Waals surface area contributed by atoms with Crippen LogP contribution in [-0.4, -0.2) is 26.6 Å². The average Bonchev–Trinajstić information content (AvgIpc) is 1.81. The zero-order valence-electron chi connectivity index (χ0n) is 5.94. The Balaban J connectivity index is 2.53. The monoisotopic (exact) mass is 148 g/mol. The molecule has 0 aromatic rings. The third-order valence-corrected chi connectivity index (χ3v) is 3.29. The third kappa shape index (κ3) is 6.39. The largest absolute Gasteiger partial charge is 0.424 e. The van der Waals surface area contributed by atoms with Crippen LogP contribution in [0.5, 0.6) is 0 Å². The lowest BCUT2D eigenvalue weighted by molar-refractivity contribution is 0.359. The molecule has 0 rings (SSSR count). The second-order valence-corrected chi connectivity index (χ2v) is 4.43. The maximum atomic E-state index is 5.29. The molecule has 0 amide bonds. The van der Waals surface area contributed by atoms with Gasteiger partial charge >= 0.3 is 0 Å². The summed E-state index contributed by atoms with van der Waals surface area (Å²) < 4.78 is 5.29. The predicted octanol–water partition coefficient (Wildman–Crippen LogP) is -0.301. The van der Waals surface area contributed by atoms with Gasteiger partial charge in [0.15, 0.2) is 9.76 Å². The van der Waals surface area contributed by atoms with Crippen molar-refractivity contribution in [1.29, 1.82) is 0 Å². The van der Waals surface area contributed by atoms with E-state index < -0.39 is 0 Å². The second-order valence-electron chi connectivity index (χ2n) is 1.90. The van der Waals surface area contributed by atoms with Crippen molar-refractivity contribution in [3.8, 4) is 0 Å². The first-order chi connectivity index (χ1) is 3.91. The summed E-state index contributed by atoms with van der Waals surface area (Å²) in [4.78, 5) is 0. The summed E-state index contributed by atoms with van der Waals surface area (Å²) >= 11 is 0. The van der Waals surface area contributed by atoms with E-state index in [0.717, 1.165) is 6.61 Å². The Morgan fingerprint density at radius 2 is 2.38 bits per heavy atom. The second kappa shape index (κ2) is 7.39. The van der Waals surface area contributed by atoms with E-state index in [2.05, 4.69) is 6.92 Å². The molecule has 0 aromatic carbocycles. The molecule has 0 bridgehead atoms. The highest BCUT2D eigenvalue weighted by Gasteiger charge is 1.84. The Morgan fingerprint density at radius 3 is 2.88 bits per heavy atom. The summed E-state index contributed by atoms with van der Waals surface area (Å²) in [5.41, 5.74) is 0. The van der Waals surface area contributed by atoms with E-state index in [1.165, 1.54) is 28.8 Å². The van der Waals surface area contributed by atoms with Crippen LogP contribution in [0.4, 0.5) is 0 Å². The van der Waals surface area contributed by atoms with Gasteiger partial charge < -0.3 is 4.43 Å². The lowest BCUT2D eigenvalue weighted by Crippen LogP contribution is -1.96.